The summed E-state index contributed by atoms with van der Waals surface area (Å²) in [6.07, 6.45) is 6.43. The van der Waals surface area contributed by atoms with Gasteiger partial charge in [-0.15, -0.1) is 0 Å². The minimum absolute atomic E-state index is 0.270. The average molecular weight is 339 g/mol. The third-order valence-electron chi connectivity index (χ3n) is 3.54. The van der Waals surface area contributed by atoms with Crippen LogP contribution < -0.4 is 4.52 Å². The number of aromatic nitrogens is 1. The lowest BCUT2D eigenvalue weighted by Gasteiger charge is -2.16. The van der Waals surface area contributed by atoms with Gasteiger partial charge in [0.05, 0.1) is 18.7 Å². The number of unbranched alkanes of at least 4 members (excludes halogenated alkanes) is 2. The number of pyridine rings is 1. The molecule has 0 spiro atoms. The van der Waals surface area contributed by atoms with Gasteiger partial charge in [-0.25, -0.2) is 4.57 Å². The molecule has 5 nitrogen and oxygen atoms in total. The maximum atomic E-state index is 12.6. The van der Waals surface area contributed by atoms with Crippen molar-refractivity contribution in [3.8, 4) is 5.75 Å². The summed E-state index contributed by atoms with van der Waals surface area (Å²) in [7, 11) is -3.58. The van der Waals surface area contributed by atoms with Crippen LogP contribution in [0.5, 0.6) is 5.75 Å². The van der Waals surface area contributed by atoms with Crippen LogP contribution in [-0.4, -0.2) is 17.6 Å². The van der Waals surface area contributed by atoms with Crippen LogP contribution in [0.25, 0.3) is 5.52 Å². The molecule has 0 atom stereocenters. The summed E-state index contributed by atoms with van der Waals surface area (Å²) in [4.78, 5) is 0. The second-order valence-corrected chi connectivity index (χ2v) is 6.88. The van der Waals surface area contributed by atoms with E-state index < -0.39 is 7.82 Å². The molecule has 0 saturated carbocycles. The van der Waals surface area contributed by atoms with Gasteiger partial charge in [-0.05, 0) is 38.8 Å². The van der Waals surface area contributed by atoms with Gasteiger partial charge in [0.2, 0.25) is 0 Å². The first kappa shape index (κ1) is 18.1. The van der Waals surface area contributed by atoms with Gasteiger partial charge in [-0.1, -0.05) is 25.8 Å². The summed E-state index contributed by atoms with van der Waals surface area (Å²) >= 11 is 0. The molecule has 6 heteroatoms. The predicted molar refractivity (Wildman–Crippen MR) is 92.1 cm³/mol. The van der Waals surface area contributed by atoms with Gasteiger partial charge >= 0.3 is 7.82 Å². The molecule has 0 radical (unpaired) electrons. The van der Waals surface area contributed by atoms with Gasteiger partial charge in [0.1, 0.15) is 0 Å². The van der Waals surface area contributed by atoms with Crippen LogP contribution >= 0.6 is 7.82 Å². The summed E-state index contributed by atoms with van der Waals surface area (Å²) in [5.41, 5.74) is 2.02. The molecule has 2 aromatic heterocycles. The van der Waals surface area contributed by atoms with Crippen molar-refractivity contribution in [3.63, 3.8) is 0 Å². The van der Waals surface area contributed by atoms with Crippen LogP contribution in [0.1, 0.15) is 45.7 Å². The third-order valence-corrected chi connectivity index (χ3v) is 5.11. The lowest BCUT2D eigenvalue weighted by molar-refractivity contribution is 0.168. The molecule has 0 aliphatic carbocycles. The molecule has 23 heavy (non-hydrogen) atoms. The Bertz CT molecular complexity index is 658. The van der Waals surface area contributed by atoms with Crippen molar-refractivity contribution in [1.29, 1.82) is 0 Å². The fourth-order valence-corrected chi connectivity index (χ4v) is 3.74. The number of hydrogen-bond acceptors (Lipinski definition) is 4. The number of aryl methyl sites for hydroxylation is 1. The zero-order valence-corrected chi connectivity index (χ0v) is 15.1. The normalized spacial score (nSPS) is 12.0. The highest BCUT2D eigenvalue weighted by Gasteiger charge is 2.29. The summed E-state index contributed by atoms with van der Waals surface area (Å²) in [6, 6.07) is 7.80. The highest BCUT2D eigenvalue weighted by atomic mass is 31.2. The fourth-order valence-electron chi connectivity index (χ4n) is 2.54. The largest absolute Gasteiger partial charge is 0.530 e. The van der Waals surface area contributed by atoms with Crippen molar-refractivity contribution in [2.45, 2.75) is 46.5 Å². The zero-order valence-electron chi connectivity index (χ0n) is 14.2. The molecule has 0 saturated heterocycles. The van der Waals surface area contributed by atoms with E-state index in [1.807, 2.05) is 30.5 Å². The SMILES string of the molecule is CCCCCc1cc(OP(=O)(OCC)OCC)c2ccccn12. The molecule has 0 aliphatic heterocycles. The monoisotopic (exact) mass is 339 g/mol. The van der Waals surface area contributed by atoms with Crippen LogP contribution in [-0.2, 0) is 20.0 Å². The summed E-state index contributed by atoms with van der Waals surface area (Å²) < 4.78 is 30.8. The molecule has 2 rings (SSSR count). The summed E-state index contributed by atoms with van der Waals surface area (Å²) in [5.74, 6) is 0.544. The molecule has 0 bridgehead atoms. The minimum Gasteiger partial charge on any atom is -0.402 e. The Morgan fingerprint density at radius 1 is 1.09 bits per heavy atom. The Kier molecular flexibility index (Phi) is 6.70. The van der Waals surface area contributed by atoms with Crippen LogP contribution in [0.15, 0.2) is 30.5 Å². The summed E-state index contributed by atoms with van der Waals surface area (Å²) in [6.45, 7) is 6.26. The van der Waals surface area contributed by atoms with Crippen LogP contribution in [0.2, 0.25) is 0 Å². The van der Waals surface area contributed by atoms with E-state index in [2.05, 4.69) is 11.3 Å². The molecule has 0 amide bonds. The van der Waals surface area contributed by atoms with Gasteiger partial charge in [-0.2, -0.15) is 0 Å². The Hall–Kier alpha value is -1.29. The van der Waals surface area contributed by atoms with Crippen molar-refractivity contribution in [2.75, 3.05) is 13.2 Å². The van der Waals surface area contributed by atoms with Crippen LogP contribution in [0.4, 0.5) is 0 Å². The predicted octanol–water partition coefficient (Wildman–Crippen LogP) is 5.23. The maximum absolute atomic E-state index is 12.6. The van der Waals surface area contributed by atoms with Crippen molar-refractivity contribution in [1.82, 2.24) is 4.40 Å². The molecule has 2 heterocycles. The Balaban J connectivity index is 2.30. The fraction of sp³-hybridized carbons (Fsp3) is 0.529. The van der Waals surface area contributed by atoms with Crippen molar-refractivity contribution < 1.29 is 18.1 Å². The van der Waals surface area contributed by atoms with Gasteiger partial charge in [-0.3, -0.25) is 9.05 Å². The lowest BCUT2D eigenvalue weighted by Crippen LogP contribution is -2.02. The third kappa shape index (κ3) is 4.60. The molecule has 2 aromatic rings. The van der Waals surface area contributed by atoms with E-state index in [-0.39, 0.29) is 13.2 Å². The first-order valence-electron chi connectivity index (χ1n) is 8.31. The van der Waals surface area contributed by atoms with Gasteiger partial charge in [0.15, 0.2) is 5.75 Å². The molecule has 0 fully saturated rings. The topological polar surface area (TPSA) is 49.2 Å². The van der Waals surface area contributed by atoms with E-state index in [9.17, 15) is 4.57 Å². The molecule has 0 aliphatic rings. The average Bonchev–Trinajstić information content (AvgIpc) is 2.86. The number of hydrogen-bond donors (Lipinski definition) is 0. The lowest BCUT2D eigenvalue weighted by atomic mass is 10.1. The number of nitrogens with zero attached hydrogens (tertiary/aromatic N) is 1. The highest BCUT2D eigenvalue weighted by molar-refractivity contribution is 7.48. The molecule has 0 unspecified atom stereocenters. The summed E-state index contributed by atoms with van der Waals surface area (Å²) in [5, 5.41) is 0. The van der Waals surface area contributed by atoms with Gasteiger partial charge in [0, 0.05) is 18.0 Å². The van der Waals surface area contributed by atoms with E-state index in [4.69, 9.17) is 13.6 Å². The number of phosphoric ester groups is 1. The van der Waals surface area contributed by atoms with Crippen LogP contribution in [0.3, 0.4) is 0 Å². The quantitative estimate of drug-likeness (QED) is 0.439. The Morgan fingerprint density at radius 2 is 1.83 bits per heavy atom. The van der Waals surface area contributed by atoms with E-state index in [1.54, 1.807) is 13.8 Å². The number of rotatable bonds is 10. The number of fused-ring (bicyclic) bond motifs is 1. The molecule has 128 valence electrons. The van der Waals surface area contributed by atoms with Crippen LogP contribution in [0, 0.1) is 0 Å². The maximum Gasteiger partial charge on any atom is 0.530 e. The molecular weight excluding hydrogens is 313 g/mol. The first-order chi connectivity index (χ1) is 11.1. The van der Waals surface area contributed by atoms with Crippen molar-refractivity contribution in [2.24, 2.45) is 0 Å². The molecular formula is C17H26NO4P. The van der Waals surface area contributed by atoms with E-state index in [0.717, 1.165) is 24.1 Å². The first-order valence-corrected chi connectivity index (χ1v) is 9.77. The molecule has 0 aromatic carbocycles. The van der Waals surface area contributed by atoms with Crippen molar-refractivity contribution in [3.05, 3.63) is 36.2 Å². The smallest absolute Gasteiger partial charge is 0.402 e. The van der Waals surface area contributed by atoms with Crippen molar-refractivity contribution >= 4 is 13.3 Å². The second-order valence-electron chi connectivity index (χ2n) is 5.29. The Morgan fingerprint density at radius 3 is 2.48 bits per heavy atom. The van der Waals surface area contributed by atoms with E-state index >= 15 is 0 Å². The number of phosphoric acid groups is 1. The Labute approximate surface area is 138 Å². The molecule has 0 N–H and O–H groups in total. The standard InChI is InChI=1S/C17H26NO4P/c1-4-7-8-11-15-14-17(16-12-9-10-13-18(15)16)22-23(19,20-5-2)21-6-3/h9-10,12-14H,4-8,11H2,1-3H3. The zero-order chi connectivity index (χ0) is 16.7. The van der Waals surface area contributed by atoms with E-state index in [1.165, 1.54) is 12.8 Å². The minimum atomic E-state index is -3.58. The van der Waals surface area contributed by atoms with Gasteiger partial charge in [0.25, 0.3) is 0 Å². The van der Waals surface area contributed by atoms with E-state index in [0.29, 0.717) is 5.75 Å². The highest BCUT2D eigenvalue weighted by Crippen LogP contribution is 2.50. The van der Waals surface area contributed by atoms with Gasteiger partial charge < -0.3 is 8.92 Å². The second kappa shape index (κ2) is 8.53.